The van der Waals surface area contributed by atoms with E-state index >= 15 is 0 Å². The van der Waals surface area contributed by atoms with Gasteiger partial charge in [0.25, 0.3) is 0 Å². The summed E-state index contributed by atoms with van der Waals surface area (Å²) >= 11 is 0. The summed E-state index contributed by atoms with van der Waals surface area (Å²) < 4.78 is 7.71. The molecule has 0 bridgehead atoms. The van der Waals surface area contributed by atoms with Crippen molar-refractivity contribution < 1.29 is 4.74 Å². The fourth-order valence-electron chi connectivity index (χ4n) is 2.13. The van der Waals surface area contributed by atoms with Crippen LogP contribution in [0.5, 0.6) is 5.75 Å². The third-order valence-corrected chi connectivity index (χ3v) is 3.23. The number of para-hydroxylation sites is 1. The third-order valence-electron chi connectivity index (χ3n) is 3.23. The second kappa shape index (κ2) is 7.10. The molecule has 1 aromatic heterocycles. The molecule has 4 nitrogen and oxygen atoms in total. The quantitative estimate of drug-likeness (QED) is 0.842. The lowest BCUT2D eigenvalue weighted by atomic mass is 10.1. The number of nitrogens with zero attached hydrogens (tertiary/aromatic N) is 2. The smallest absolute Gasteiger partial charge is 0.132 e. The number of rotatable bonds is 7. The van der Waals surface area contributed by atoms with Gasteiger partial charge in [-0.1, -0.05) is 25.1 Å². The lowest BCUT2D eigenvalue weighted by Gasteiger charge is -2.17. The third kappa shape index (κ3) is 3.84. The van der Waals surface area contributed by atoms with Gasteiger partial charge in [-0.2, -0.15) is 5.10 Å². The fraction of sp³-hybridized carbons (Fsp3) is 0.438. The van der Waals surface area contributed by atoms with Crippen LogP contribution in [0.2, 0.25) is 0 Å². The van der Waals surface area contributed by atoms with Crippen LogP contribution in [-0.2, 0) is 13.7 Å². The van der Waals surface area contributed by atoms with Gasteiger partial charge in [-0.05, 0) is 32.0 Å². The topological polar surface area (TPSA) is 39.1 Å². The molecule has 0 spiro atoms. The Kier molecular flexibility index (Phi) is 5.18. The van der Waals surface area contributed by atoms with Crippen molar-refractivity contribution in [3.05, 3.63) is 47.8 Å². The minimum absolute atomic E-state index is 0.287. The molecule has 1 atom stereocenters. The Morgan fingerprint density at radius 1 is 1.30 bits per heavy atom. The number of nitrogens with one attached hydrogen (secondary N) is 1. The molecular weight excluding hydrogens is 250 g/mol. The summed E-state index contributed by atoms with van der Waals surface area (Å²) in [6.07, 6.45) is 3.05. The van der Waals surface area contributed by atoms with Crippen molar-refractivity contribution in [1.82, 2.24) is 15.1 Å². The molecule has 4 heteroatoms. The Morgan fingerprint density at radius 2 is 2.10 bits per heavy atom. The SMILES string of the molecule is CCCNC(C)c1ccccc1OCc1ccn(C)n1. The highest BCUT2D eigenvalue weighted by molar-refractivity contribution is 5.35. The van der Waals surface area contributed by atoms with E-state index in [9.17, 15) is 0 Å². The summed E-state index contributed by atoms with van der Waals surface area (Å²) in [5.41, 5.74) is 2.13. The van der Waals surface area contributed by atoms with E-state index in [4.69, 9.17) is 4.74 Å². The minimum atomic E-state index is 0.287. The molecule has 1 unspecified atom stereocenters. The van der Waals surface area contributed by atoms with E-state index in [1.165, 1.54) is 5.56 Å². The van der Waals surface area contributed by atoms with Crippen LogP contribution in [0.25, 0.3) is 0 Å². The van der Waals surface area contributed by atoms with Gasteiger partial charge in [0.05, 0.1) is 5.69 Å². The molecule has 1 N–H and O–H groups in total. The van der Waals surface area contributed by atoms with Crippen LogP contribution in [0.15, 0.2) is 36.5 Å². The highest BCUT2D eigenvalue weighted by Crippen LogP contribution is 2.25. The first-order chi connectivity index (χ1) is 9.70. The number of ether oxygens (including phenoxy) is 1. The number of hydrogen-bond acceptors (Lipinski definition) is 3. The molecule has 1 heterocycles. The molecule has 0 radical (unpaired) electrons. The highest BCUT2D eigenvalue weighted by atomic mass is 16.5. The second-order valence-electron chi connectivity index (χ2n) is 4.98. The maximum Gasteiger partial charge on any atom is 0.132 e. The lowest BCUT2D eigenvalue weighted by molar-refractivity contribution is 0.294. The molecule has 0 aliphatic carbocycles. The van der Waals surface area contributed by atoms with E-state index in [1.54, 1.807) is 4.68 Å². The molecule has 2 aromatic rings. The number of aromatic nitrogens is 2. The molecule has 1 aromatic carbocycles. The summed E-state index contributed by atoms with van der Waals surface area (Å²) in [6.45, 7) is 5.84. The van der Waals surface area contributed by atoms with Crippen LogP contribution in [0.1, 0.15) is 37.6 Å². The Hall–Kier alpha value is -1.81. The van der Waals surface area contributed by atoms with Gasteiger partial charge in [-0.3, -0.25) is 4.68 Å². The predicted molar refractivity (Wildman–Crippen MR) is 80.7 cm³/mol. The summed E-state index contributed by atoms with van der Waals surface area (Å²) in [4.78, 5) is 0. The Morgan fingerprint density at radius 3 is 2.80 bits per heavy atom. The maximum atomic E-state index is 5.92. The van der Waals surface area contributed by atoms with Crippen LogP contribution >= 0.6 is 0 Å². The van der Waals surface area contributed by atoms with E-state index in [1.807, 2.05) is 37.5 Å². The molecule has 0 fully saturated rings. The first kappa shape index (κ1) is 14.6. The molecule has 20 heavy (non-hydrogen) atoms. The summed E-state index contributed by atoms with van der Waals surface area (Å²) in [7, 11) is 1.91. The average molecular weight is 273 g/mol. The molecule has 2 rings (SSSR count). The van der Waals surface area contributed by atoms with Gasteiger partial charge in [0.2, 0.25) is 0 Å². The Bertz CT molecular complexity index is 536. The van der Waals surface area contributed by atoms with Crippen molar-refractivity contribution in [2.45, 2.75) is 32.9 Å². The normalized spacial score (nSPS) is 12.3. The first-order valence-electron chi connectivity index (χ1n) is 7.14. The number of aryl methyl sites for hydroxylation is 1. The summed E-state index contributed by atoms with van der Waals surface area (Å²) in [5.74, 6) is 0.925. The van der Waals surface area contributed by atoms with Gasteiger partial charge in [-0.25, -0.2) is 0 Å². The van der Waals surface area contributed by atoms with Crippen LogP contribution in [0.3, 0.4) is 0 Å². The van der Waals surface area contributed by atoms with Crippen molar-refractivity contribution >= 4 is 0 Å². The molecule has 0 saturated heterocycles. The van der Waals surface area contributed by atoms with Crippen molar-refractivity contribution in [3.63, 3.8) is 0 Å². The Balaban J connectivity index is 2.03. The average Bonchev–Trinajstić information content (AvgIpc) is 2.88. The largest absolute Gasteiger partial charge is 0.487 e. The van der Waals surface area contributed by atoms with Crippen molar-refractivity contribution in [1.29, 1.82) is 0 Å². The molecule has 0 aliphatic heterocycles. The van der Waals surface area contributed by atoms with Gasteiger partial charge < -0.3 is 10.1 Å². The van der Waals surface area contributed by atoms with Gasteiger partial charge in [-0.15, -0.1) is 0 Å². The van der Waals surface area contributed by atoms with E-state index < -0.39 is 0 Å². The zero-order chi connectivity index (χ0) is 14.4. The fourth-order valence-corrected chi connectivity index (χ4v) is 2.13. The molecule has 0 saturated carbocycles. The van der Waals surface area contributed by atoms with E-state index in [2.05, 4.69) is 30.3 Å². The highest BCUT2D eigenvalue weighted by Gasteiger charge is 2.10. The summed E-state index contributed by atoms with van der Waals surface area (Å²) in [6, 6.07) is 10.4. The van der Waals surface area contributed by atoms with E-state index in [0.717, 1.165) is 24.4 Å². The number of benzene rings is 1. The first-order valence-corrected chi connectivity index (χ1v) is 7.14. The lowest BCUT2D eigenvalue weighted by Crippen LogP contribution is -2.20. The standard InChI is InChI=1S/C16H23N3O/c1-4-10-17-13(2)15-7-5-6-8-16(15)20-12-14-9-11-19(3)18-14/h5-9,11,13,17H,4,10,12H2,1-3H3. The zero-order valence-corrected chi connectivity index (χ0v) is 12.5. The molecular formula is C16H23N3O. The van der Waals surface area contributed by atoms with Gasteiger partial charge >= 0.3 is 0 Å². The van der Waals surface area contributed by atoms with Gasteiger partial charge in [0.1, 0.15) is 12.4 Å². The zero-order valence-electron chi connectivity index (χ0n) is 12.5. The van der Waals surface area contributed by atoms with Gasteiger partial charge in [0.15, 0.2) is 0 Å². The van der Waals surface area contributed by atoms with Crippen molar-refractivity contribution in [2.75, 3.05) is 6.54 Å². The van der Waals surface area contributed by atoms with Crippen LogP contribution in [0.4, 0.5) is 0 Å². The van der Waals surface area contributed by atoms with Gasteiger partial charge in [0, 0.05) is 24.8 Å². The molecule has 0 amide bonds. The van der Waals surface area contributed by atoms with Crippen LogP contribution in [-0.4, -0.2) is 16.3 Å². The maximum absolute atomic E-state index is 5.92. The minimum Gasteiger partial charge on any atom is -0.487 e. The number of hydrogen-bond donors (Lipinski definition) is 1. The van der Waals surface area contributed by atoms with Crippen molar-refractivity contribution in [3.8, 4) is 5.75 Å². The van der Waals surface area contributed by atoms with Crippen LogP contribution < -0.4 is 10.1 Å². The molecule has 0 aliphatic rings. The Labute approximate surface area is 120 Å². The molecule has 108 valence electrons. The summed E-state index contributed by atoms with van der Waals surface area (Å²) in [5, 5.41) is 7.82. The monoisotopic (exact) mass is 273 g/mol. The predicted octanol–water partition coefficient (Wildman–Crippen LogP) is 3.06. The van der Waals surface area contributed by atoms with Crippen molar-refractivity contribution in [2.24, 2.45) is 7.05 Å². The van der Waals surface area contributed by atoms with Crippen LogP contribution in [0, 0.1) is 0 Å². The second-order valence-corrected chi connectivity index (χ2v) is 4.98. The van der Waals surface area contributed by atoms with E-state index in [0.29, 0.717) is 6.61 Å². The van der Waals surface area contributed by atoms with E-state index in [-0.39, 0.29) is 6.04 Å².